The predicted octanol–water partition coefficient (Wildman–Crippen LogP) is 3.45. The molecule has 1 saturated heterocycles. The maximum absolute atomic E-state index is 13.5. The summed E-state index contributed by atoms with van der Waals surface area (Å²) in [7, 11) is 0. The molecule has 0 radical (unpaired) electrons. The van der Waals surface area contributed by atoms with Crippen molar-refractivity contribution in [2.24, 2.45) is 22.9 Å². The summed E-state index contributed by atoms with van der Waals surface area (Å²) in [4.78, 5) is 27.5. The van der Waals surface area contributed by atoms with Gasteiger partial charge < -0.3 is 9.74 Å². The average Bonchev–Trinajstić information content (AvgIpc) is 3.36. The third-order valence-corrected chi connectivity index (χ3v) is 6.44. The van der Waals surface area contributed by atoms with E-state index in [1.54, 1.807) is 11.1 Å². The SMILES string of the molecule is [C-]#[N+]c1cc(N2CC3CCC(C2)C3C(=O)N2N=CCC2c2ccccc2)ncn1. The maximum atomic E-state index is 13.5. The van der Waals surface area contributed by atoms with Crippen molar-refractivity contribution in [2.45, 2.75) is 25.3 Å². The molecule has 3 atom stereocenters. The lowest BCUT2D eigenvalue weighted by Gasteiger charge is -2.39. The number of rotatable bonds is 3. The molecule has 146 valence electrons. The fourth-order valence-electron chi connectivity index (χ4n) is 5.12. The second kappa shape index (κ2) is 7.28. The largest absolute Gasteiger partial charge is 0.360 e. The molecule has 2 bridgehead atoms. The van der Waals surface area contributed by atoms with Crippen molar-refractivity contribution < 1.29 is 4.79 Å². The Bertz CT molecular complexity index is 970. The molecule has 29 heavy (non-hydrogen) atoms. The van der Waals surface area contributed by atoms with Crippen LogP contribution in [0.4, 0.5) is 11.6 Å². The minimum absolute atomic E-state index is 0.00391. The Kier molecular flexibility index (Phi) is 4.47. The van der Waals surface area contributed by atoms with Gasteiger partial charge in [0.25, 0.3) is 5.82 Å². The molecular formula is C22H22N6O. The minimum atomic E-state index is 0.00391. The molecular weight excluding hydrogens is 364 g/mol. The number of amides is 1. The van der Waals surface area contributed by atoms with Crippen LogP contribution in [-0.2, 0) is 4.79 Å². The van der Waals surface area contributed by atoms with Gasteiger partial charge in [-0.2, -0.15) is 10.1 Å². The summed E-state index contributed by atoms with van der Waals surface area (Å²) in [6, 6.07) is 11.9. The van der Waals surface area contributed by atoms with Crippen molar-refractivity contribution >= 4 is 23.8 Å². The normalized spacial score (nSPS) is 27.8. The molecule has 5 rings (SSSR count). The van der Waals surface area contributed by atoms with Gasteiger partial charge in [0.2, 0.25) is 12.2 Å². The van der Waals surface area contributed by atoms with E-state index in [4.69, 9.17) is 6.57 Å². The summed E-state index contributed by atoms with van der Waals surface area (Å²) in [5.41, 5.74) is 1.13. The van der Waals surface area contributed by atoms with Crippen molar-refractivity contribution in [1.82, 2.24) is 15.0 Å². The van der Waals surface area contributed by atoms with Crippen LogP contribution in [0.1, 0.15) is 30.9 Å². The first-order valence-corrected chi connectivity index (χ1v) is 10.1. The zero-order chi connectivity index (χ0) is 19.8. The van der Waals surface area contributed by atoms with Crippen LogP contribution < -0.4 is 4.90 Å². The molecule has 2 aliphatic heterocycles. The number of benzene rings is 1. The summed E-state index contributed by atoms with van der Waals surface area (Å²) in [6.07, 6.45) is 6.17. The fraction of sp³-hybridized carbons (Fsp3) is 0.409. The van der Waals surface area contributed by atoms with E-state index in [-0.39, 0.29) is 17.9 Å². The van der Waals surface area contributed by atoms with E-state index in [0.29, 0.717) is 17.7 Å². The molecule has 3 aliphatic rings. The number of piperidine rings is 1. The molecule has 7 nitrogen and oxygen atoms in total. The molecule has 0 N–H and O–H groups in total. The summed E-state index contributed by atoms with van der Waals surface area (Å²) in [5, 5.41) is 6.18. The molecule has 1 amide bonds. The van der Waals surface area contributed by atoms with Crippen LogP contribution in [-0.4, -0.2) is 40.2 Å². The van der Waals surface area contributed by atoms with Crippen LogP contribution in [0.15, 0.2) is 47.8 Å². The van der Waals surface area contributed by atoms with Gasteiger partial charge in [-0.15, -0.1) is 4.98 Å². The standard InChI is InChI=1S/C22H22N6O/c1-23-19-11-20(25-14-24-19)27-12-16-7-8-17(13-27)21(16)22(29)28-18(9-10-26-28)15-5-3-2-4-6-15/h2-6,10-11,14,16-18,21H,7-9,12-13H2. The van der Waals surface area contributed by atoms with Crippen LogP contribution >= 0.6 is 0 Å². The quantitative estimate of drug-likeness (QED) is 0.758. The highest BCUT2D eigenvalue weighted by Gasteiger charge is 2.48. The number of aromatic nitrogens is 2. The predicted molar refractivity (Wildman–Crippen MR) is 109 cm³/mol. The third-order valence-electron chi connectivity index (χ3n) is 6.44. The highest BCUT2D eigenvalue weighted by atomic mass is 16.2. The fourth-order valence-corrected chi connectivity index (χ4v) is 5.12. The summed E-state index contributed by atoms with van der Waals surface area (Å²) in [5.74, 6) is 1.90. The molecule has 3 heterocycles. The van der Waals surface area contributed by atoms with Crippen molar-refractivity contribution in [2.75, 3.05) is 18.0 Å². The molecule has 0 spiro atoms. The number of hydrogen-bond acceptors (Lipinski definition) is 5. The highest BCUT2D eigenvalue weighted by Crippen LogP contribution is 2.45. The van der Waals surface area contributed by atoms with E-state index in [0.717, 1.165) is 43.7 Å². The van der Waals surface area contributed by atoms with Gasteiger partial charge in [-0.25, -0.2) is 5.01 Å². The molecule has 1 aromatic carbocycles. The van der Waals surface area contributed by atoms with Crippen LogP contribution in [0.3, 0.4) is 0 Å². The minimum Gasteiger partial charge on any atom is -0.360 e. The Hall–Kier alpha value is -3.27. The third kappa shape index (κ3) is 3.15. The second-order valence-electron chi connectivity index (χ2n) is 8.02. The monoisotopic (exact) mass is 386 g/mol. The van der Waals surface area contributed by atoms with E-state index in [1.807, 2.05) is 24.4 Å². The number of carbonyl (C=O) groups is 1. The van der Waals surface area contributed by atoms with Crippen molar-refractivity contribution in [3.8, 4) is 0 Å². The van der Waals surface area contributed by atoms with E-state index in [9.17, 15) is 4.79 Å². The Balaban J connectivity index is 1.35. The number of nitrogens with zero attached hydrogens (tertiary/aromatic N) is 6. The Morgan fingerprint density at radius 2 is 1.86 bits per heavy atom. The molecule has 7 heteroatoms. The van der Waals surface area contributed by atoms with Crippen molar-refractivity contribution in [1.29, 1.82) is 0 Å². The van der Waals surface area contributed by atoms with Gasteiger partial charge in [-0.3, -0.25) is 4.79 Å². The van der Waals surface area contributed by atoms with E-state index in [2.05, 4.69) is 36.9 Å². The number of hydrogen-bond donors (Lipinski definition) is 0. The van der Waals surface area contributed by atoms with Gasteiger partial charge in [0.05, 0.1) is 6.04 Å². The maximum Gasteiger partial charge on any atom is 0.274 e. The molecule has 3 unspecified atom stereocenters. The number of carbonyl (C=O) groups excluding carboxylic acids is 1. The van der Waals surface area contributed by atoms with Crippen LogP contribution in [0.2, 0.25) is 0 Å². The van der Waals surface area contributed by atoms with Crippen molar-refractivity contribution in [3.05, 3.63) is 59.7 Å². The summed E-state index contributed by atoms with van der Waals surface area (Å²) in [6.45, 7) is 8.75. The van der Waals surface area contributed by atoms with Gasteiger partial charge in [0, 0.05) is 37.7 Å². The smallest absolute Gasteiger partial charge is 0.274 e. The topological polar surface area (TPSA) is 66.1 Å². The Labute approximate surface area is 169 Å². The van der Waals surface area contributed by atoms with Gasteiger partial charge in [-0.05, 0) is 30.2 Å². The zero-order valence-corrected chi connectivity index (χ0v) is 16.1. The molecule has 2 aromatic rings. The summed E-state index contributed by atoms with van der Waals surface area (Å²) < 4.78 is 0. The first-order chi connectivity index (χ1) is 14.2. The molecule has 1 aromatic heterocycles. The molecule has 2 fully saturated rings. The Morgan fingerprint density at radius 1 is 1.10 bits per heavy atom. The first kappa shape index (κ1) is 17.8. The molecule has 1 aliphatic carbocycles. The molecule has 1 saturated carbocycles. The van der Waals surface area contributed by atoms with Crippen LogP contribution in [0.5, 0.6) is 0 Å². The summed E-state index contributed by atoms with van der Waals surface area (Å²) >= 11 is 0. The Morgan fingerprint density at radius 3 is 2.59 bits per heavy atom. The van der Waals surface area contributed by atoms with Crippen molar-refractivity contribution in [3.63, 3.8) is 0 Å². The van der Waals surface area contributed by atoms with Crippen LogP contribution in [0, 0.1) is 24.3 Å². The lowest BCUT2D eigenvalue weighted by Crippen LogP contribution is -2.48. The van der Waals surface area contributed by atoms with Gasteiger partial charge in [0.1, 0.15) is 5.82 Å². The van der Waals surface area contributed by atoms with Gasteiger partial charge in [0.15, 0.2) is 0 Å². The lowest BCUT2D eigenvalue weighted by molar-refractivity contribution is -0.140. The zero-order valence-electron chi connectivity index (χ0n) is 16.1. The van der Waals surface area contributed by atoms with Gasteiger partial charge >= 0.3 is 0 Å². The van der Waals surface area contributed by atoms with Crippen LogP contribution in [0.25, 0.3) is 4.85 Å². The van der Waals surface area contributed by atoms with E-state index < -0.39 is 0 Å². The van der Waals surface area contributed by atoms with Gasteiger partial charge in [-0.1, -0.05) is 36.9 Å². The number of hydrazone groups is 1. The average molecular weight is 386 g/mol. The first-order valence-electron chi connectivity index (χ1n) is 10.1. The lowest BCUT2D eigenvalue weighted by atomic mass is 9.83. The van der Waals surface area contributed by atoms with E-state index >= 15 is 0 Å². The number of anilines is 1. The number of fused-ring (bicyclic) bond motifs is 2. The highest BCUT2D eigenvalue weighted by molar-refractivity contribution is 5.83. The van der Waals surface area contributed by atoms with E-state index in [1.165, 1.54) is 6.33 Å². The second-order valence-corrected chi connectivity index (χ2v) is 8.02.